The third-order valence-corrected chi connectivity index (χ3v) is 4.15. The number of aryl methyl sites for hydroxylation is 1. The Kier molecular flexibility index (Phi) is 6.73. The number of hydrogen-bond donors (Lipinski definition) is 1. The fourth-order valence-corrected chi connectivity index (χ4v) is 2.95. The number of nitrogens with one attached hydrogen (secondary N) is 1. The van der Waals surface area contributed by atoms with Gasteiger partial charge in [-0.1, -0.05) is 12.1 Å². The lowest BCUT2D eigenvalue weighted by Gasteiger charge is -2.35. The molecule has 1 saturated carbocycles. The minimum atomic E-state index is -0.0618. The highest BCUT2D eigenvalue weighted by atomic mass is 35.5. The van der Waals surface area contributed by atoms with Crippen LogP contribution in [0.5, 0.6) is 0 Å². The Labute approximate surface area is 132 Å². The van der Waals surface area contributed by atoms with Crippen LogP contribution in [0.2, 0.25) is 0 Å². The van der Waals surface area contributed by atoms with E-state index < -0.39 is 0 Å². The van der Waals surface area contributed by atoms with Gasteiger partial charge in [0.1, 0.15) is 5.82 Å². The molecule has 2 fully saturated rings. The summed E-state index contributed by atoms with van der Waals surface area (Å²) in [7, 11) is 0. The molecule has 0 aromatic heterocycles. The maximum Gasteiger partial charge on any atom is 0.126 e. The van der Waals surface area contributed by atoms with Crippen molar-refractivity contribution in [3.8, 4) is 0 Å². The zero-order valence-corrected chi connectivity index (χ0v) is 13.4. The average Bonchev–Trinajstić information content (AvgIpc) is 3.20. The van der Waals surface area contributed by atoms with Gasteiger partial charge in [0.2, 0.25) is 0 Å². The predicted molar refractivity (Wildman–Crippen MR) is 85.5 cm³/mol. The zero-order valence-electron chi connectivity index (χ0n) is 11.8. The van der Waals surface area contributed by atoms with E-state index >= 15 is 0 Å². The smallest absolute Gasteiger partial charge is 0.126 e. The molecule has 114 valence electrons. The summed E-state index contributed by atoms with van der Waals surface area (Å²) in [6.07, 6.45) is 2.59. The van der Waals surface area contributed by atoms with Crippen molar-refractivity contribution in [2.75, 3.05) is 26.2 Å². The van der Waals surface area contributed by atoms with Crippen molar-refractivity contribution >= 4 is 24.8 Å². The van der Waals surface area contributed by atoms with Gasteiger partial charge in [0.15, 0.2) is 0 Å². The monoisotopic (exact) mass is 320 g/mol. The molecule has 1 atom stereocenters. The first-order valence-electron chi connectivity index (χ1n) is 6.96. The van der Waals surface area contributed by atoms with E-state index in [4.69, 9.17) is 0 Å². The first kappa shape index (κ1) is 17.7. The summed E-state index contributed by atoms with van der Waals surface area (Å²) in [5, 5.41) is 3.39. The van der Waals surface area contributed by atoms with E-state index in [1.165, 1.54) is 18.4 Å². The van der Waals surface area contributed by atoms with E-state index in [0.717, 1.165) is 37.7 Å². The second kappa shape index (κ2) is 7.60. The standard InChI is InChI=1S/C15H21FN2.2ClH/c1-11-2-3-13(10-14(11)16)15(12-4-5-12)18-8-6-17-7-9-18;;/h2-3,10,12,15,17H,4-9H2,1H3;2*1H/t15-;;/m1../s1. The normalized spacial score (nSPS) is 20.7. The van der Waals surface area contributed by atoms with Gasteiger partial charge >= 0.3 is 0 Å². The van der Waals surface area contributed by atoms with Crippen LogP contribution in [-0.4, -0.2) is 31.1 Å². The molecule has 2 nitrogen and oxygen atoms in total. The minimum Gasteiger partial charge on any atom is -0.314 e. The fourth-order valence-electron chi connectivity index (χ4n) is 2.95. The third kappa shape index (κ3) is 3.85. The van der Waals surface area contributed by atoms with E-state index in [2.05, 4.69) is 16.3 Å². The molecule has 1 aromatic carbocycles. The van der Waals surface area contributed by atoms with E-state index in [9.17, 15) is 4.39 Å². The molecule has 0 amide bonds. The van der Waals surface area contributed by atoms with Gasteiger partial charge in [-0.25, -0.2) is 4.39 Å². The van der Waals surface area contributed by atoms with Crippen molar-refractivity contribution < 1.29 is 4.39 Å². The average molecular weight is 321 g/mol. The van der Waals surface area contributed by atoms with Crippen LogP contribution in [0.3, 0.4) is 0 Å². The first-order chi connectivity index (χ1) is 8.75. The molecule has 1 aromatic rings. The molecule has 2 aliphatic rings. The van der Waals surface area contributed by atoms with E-state index in [-0.39, 0.29) is 30.6 Å². The van der Waals surface area contributed by atoms with Crippen LogP contribution in [0, 0.1) is 18.7 Å². The summed E-state index contributed by atoms with van der Waals surface area (Å²) < 4.78 is 13.8. The number of benzene rings is 1. The van der Waals surface area contributed by atoms with Crippen LogP contribution in [0.1, 0.15) is 30.0 Å². The zero-order chi connectivity index (χ0) is 12.5. The number of hydrogen-bond acceptors (Lipinski definition) is 2. The van der Waals surface area contributed by atoms with Crippen molar-refractivity contribution in [3.63, 3.8) is 0 Å². The molecule has 1 aliphatic carbocycles. The van der Waals surface area contributed by atoms with Crippen LogP contribution in [0.4, 0.5) is 4.39 Å². The molecule has 0 bridgehead atoms. The Bertz CT molecular complexity index is 432. The van der Waals surface area contributed by atoms with Crippen LogP contribution in [0.15, 0.2) is 18.2 Å². The molecule has 3 rings (SSSR count). The Hall–Kier alpha value is -0.350. The third-order valence-electron chi connectivity index (χ3n) is 4.15. The van der Waals surface area contributed by atoms with Crippen LogP contribution in [0.25, 0.3) is 0 Å². The molecule has 20 heavy (non-hydrogen) atoms. The molecule has 0 unspecified atom stereocenters. The number of nitrogens with zero attached hydrogens (tertiary/aromatic N) is 1. The summed E-state index contributed by atoms with van der Waals surface area (Å²) >= 11 is 0. The van der Waals surface area contributed by atoms with Gasteiger partial charge in [0.25, 0.3) is 0 Å². The highest BCUT2D eigenvalue weighted by molar-refractivity contribution is 5.85. The molecular formula is C15H23Cl2FN2. The molecule has 1 aliphatic heterocycles. The second-order valence-corrected chi connectivity index (χ2v) is 5.58. The lowest BCUT2D eigenvalue weighted by Crippen LogP contribution is -2.45. The molecule has 5 heteroatoms. The topological polar surface area (TPSA) is 15.3 Å². The summed E-state index contributed by atoms with van der Waals surface area (Å²) in [6.45, 7) is 6.10. The Balaban J connectivity index is 0.000001000. The number of rotatable bonds is 3. The summed E-state index contributed by atoms with van der Waals surface area (Å²) in [6, 6.07) is 6.22. The van der Waals surface area contributed by atoms with Gasteiger partial charge in [-0.05, 0) is 42.9 Å². The SMILES string of the molecule is Cc1ccc([C@@H](C2CC2)N2CCNCC2)cc1F.Cl.Cl. The first-order valence-corrected chi connectivity index (χ1v) is 6.96. The number of piperazine rings is 1. The van der Waals surface area contributed by atoms with Gasteiger partial charge < -0.3 is 5.32 Å². The molecule has 1 saturated heterocycles. The van der Waals surface area contributed by atoms with Crippen molar-refractivity contribution in [2.24, 2.45) is 5.92 Å². The van der Waals surface area contributed by atoms with Crippen molar-refractivity contribution in [3.05, 3.63) is 35.1 Å². The van der Waals surface area contributed by atoms with Crippen LogP contribution >= 0.6 is 24.8 Å². The maximum atomic E-state index is 13.8. The van der Waals surface area contributed by atoms with Crippen LogP contribution in [-0.2, 0) is 0 Å². The Morgan fingerprint density at radius 1 is 1.20 bits per heavy atom. The van der Waals surface area contributed by atoms with E-state index in [1.54, 1.807) is 6.07 Å². The van der Waals surface area contributed by atoms with Gasteiger partial charge in [-0.2, -0.15) is 0 Å². The fraction of sp³-hybridized carbons (Fsp3) is 0.600. The summed E-state index contributed by atoms with van der Waals surface area (Å²) in [5.74, 6) is 0.679. The van der Waals surface area contributed by atoms with Crippen molar-refractivity contribution in [1.82, 2.24) is 10.2 Å². The minimum absolute atomic E-state index is 0. The van der Waals surface area contributed by atoms with Gasteiger partial charge in [0.05, 0.1) is 0 Å². The van der Waals surface area contributed by atoms with Gasteiger partial charge in [-0.15, -0.1) is 24.8 Å². The van der Waals surface area contributed by atoms with E-state index in [1.807, 2.05) is 13.0 Å². The molecule has 1 heterocycles. The molecule has 0 spiro atoms. The van der Waals surface area contributed by atoms with Gasteiger partial charge in [0, 0.05) is 32.2 Å². The molecule has 0 radical (unpaired) electrons. The molecule has 1 N–H and O–H groups in total. The van der Waals surface area contributed by atoms with Crippen molar-refractivity contribution in [2.45, 2.75) is 25.8 Å². The van der Waals surface area contributed by atoms with Gasteiger partial charge in [-0.3, -0.25) is 4.90 Å². The highest BCUT2D eigenvalue weighted by Gasteiger charge is 2.36. The summed E-state index contributed by atoms with van der Waals surface area (Å²) in [4.78, 5) is 2.53. The molecular weight excluding hydrogens is 298 g/mol. The summed E-state index contributed by atoms with van der Waals surface area (Å²) in [5.41, 5.74) is 1.91. The lowest BCUT2D eigenvalue weighted by molar-refractivity contribution is 0.156. The Morgan fingerprint density at radius 3 is 2.40 bits per heavy atom. The van der Waals surface area contributed by atoms with E-state index in [0.29, 0.717) is 6.04 Å². The van der Waals surface area contributed by atoms with Crippen LogP contribution < -0.4 is 5.32 Å². The quantitative estimate of drug-likeness (QED) is 0.919. The Morgan fingerprint density at radius 2 is 1.85 bits per heavy atom. The number of halogens is 3. The maximum absolute atomic E-state index is 13.8. The largest absolute Gasteiger partial charge is 0.314 e. The highest BCUT2D eigenvalue weighted by Crippen LogP contribution is 2.44. The predicted octanol–water partition coefficient (Wildman–Crippen LogP) is 3.33. The second-order valence-electron chi connectivity index (χ2n) is 5.58. The lowest BCUT2D eigenvalue weighted by atomic mass is 9.98. The van der Waals surface area contributed by atoms with Crippen molar-refractivity contribution in [1.29, 1.82) is 0 Å².